The minimum absolute atomic E-state index is 0.0567. The van der Waals surface area contributed by atoms with Gasteiger partial charge in [-0.1, -0.05) is 54.6 Å². The van der Waals surface area contributed by atoms with Crippen LogP contribution in [-0.4, -0.2) is 51.5 Å². The van der Waals surface area contributed by atoms with Gasteiger partial charge >= 0.3 is 0 Å². The predicted octanol–water partition coefficient (Wildman–Crippen LogP) is 2.31. The average molecular weight is 524 g/mol. The molecule has 190 valence electrons. The molecule has 9 heteroatoms. The summed E-state index contributed by atoms with van der Waals surface area (Å²) in [5.41, 5.74) is 2.90. The lowest BCUT2D eigenvalue weighted by atomic mass is 10.1. The zero-order chi connectivity index (χ0) is 26.5. The number of aromatic nitrogens is 3. The van der Waals surface area contributed by atoms with Gasteiger partial charge in [0.25, 0.3) is 11.5 Å². The minimum Gasteiger partial charge on any atom is -0.378 e. The number of benzene rings is 2. The van der Waals surface area contributed by atoms with Gasteiger partial charge in [0, 0.05) is 37.0 Å². The third-order valence-corrected chi connectivity index (χ3v) is 7.28. The van der Waals surface area contributed by atoms with Crippen molar-refractivity contribution in [3.05, 3.63) is 105 Å². The smallest absolute Gasteiger partial charge is 0.269 e. The molecule has 0 radical (unpaired) electrons. The van der Waals surface area contributed by atoms with E-state index in [0.29, 0.717) is 41.2 Å². The van der Waals surface area contributed by atoms with Crippen molar-refractivity contribution >= 4 is 28.9 Å². The van der Waals surface area contributed by atoms with Gasteiger partial charge in [0.2, 0.25) is 0 Å². The van der Waals surface area contributed by atoms with Crippen LogP contribution in [0.1, 0.15) is 5.56 Å². The summed E-state index contributed by atoms with van der Waals surface area (Å²) in [6, 6.07) is 21.5. The fraction of sp³-hybridized carbons (Fsp3) is 0.172. The maximum Gasteiger partial charge on any atom is 0.269 e. The van der Waals surface area contributed by atoms with Crippen LogP contribution in [0.25, 0.3) is 28.6 Å². The highest BCUT2D eigenvalue weighted by atomic mass is 32.1. The summed E-state index contributed by atoms with van der Waals surface area (Å²) in [5, 5.41) is 14.8. The van der Waals surface area contributed by atoms with Crippen molar-refractivity contribution in [3.8, 4) is 23.0 Å². The van der Waals surface area contributed by atoms with E-state index in [1.165, 1.54) is 4.57 Å². The monoisotopic (exact) mass is 523 g/mol. The lowest BCUT2D eigenvalue weighted by Crippen LogP contribution is -2.42. The van der Waals surface area contributed by atoms with Crippen LogP contribution in [0.2, 0.25) is 0 Å². The van der Waals surface area contributed by atoms with Crippen molar-refractivity contribution in [2.24, 2.45) is 0 Å². The molecular weight excluding hydrogens is 498 g/mol. The number of carbonyl (C=O) groups excluding carboxylic acids is 1. The molecule has 1 fully saturated rings. The molecule has 0 bridgehead atoms. The lowest BCUT2D eigenvalue weighted by Gasteiger charge is -2.26. The second-order valence-corrected chi connectivity index (χ2v) is 9.62. The Kier molecular flexibility index (Phi) is 7.45. The highest BCUT2D eigenvalue weighted by Gasteiger charge is 2.23. The number of morpholine rings is 1. The van der Waals surface area contributed by atoms with Crippen LogP contribution in [0.4, 0.5) is 0 Å². The van der Waals surface area contributed by atoms with E-state index in [-0.39, 0.29) is 17.7 Å². The zero-order valence-corrected chi connectivity index (χ0v) is 21.4. The normalized spacial score (nSPS) is 14.7. The summed E-state index contributed by atoms with van der Waals surface area (Å²) in [4.78, 5) is 28.3. The van der Waals surface area contributed by atoms with Gasteiger partial charge in [-0.05, 0) is 18.2 Å². The van der Waals surface area contributed by atoms with Crippen LogP contribution in [-0.2, 0) is 16.1 Å². The van der Waals surface area contributed by atoms with Crippen LogP contribution in [0.15, 0.2) is 84.3 Å². The number of ether oxygens (including phenoxy) is 1. The first-order valence-corrected chi connectivity index (χ1v) is 13.0. The van der Waals surface area contributed by atoms with E-state index in [1.54, 1.807) is 21.7 Å². The Hall–Kier alpha value is -4.52. The average Bonchev–Trinajstić information content (AvgIpc) is 3.52. The van der Waals surface area contributed by atoms with Gasteiger partial charge in [0.15, 0.2) is 5.57 Å². The molecule has 0 saturated carbocycles. The Balaban J connectivity index is 1.71. The fourth-order valence-electron chi connectivity index (χ4n) is 4.28. The Morgan fingerprint density at radius 2 is 1.79 bits per heavy atom. The summed E-state index contributed by atoms with van der Waals surface area (Å²) in [6.07, 6.45) is 5.24. The molecule has 1 saturated heterocycles. The second-order valence-electron chi connectivity index (χ2n) is 8.59. The van der Waals surface area contributed by atoms with Gasteiger partial charge in [-0.15, -0.1) is 17.9 Å². The van der Waals surface area contributed by atoms with Crippen LogP contribution in [0, 0.1) is 11.3 Å². The van der Waals surface area contributed by atoms with Crippen molar-refractivity contribution in [1.29, 1.82) is 5.26 Å². The molecule has 38 heavy (non-hydrogen) atoms. The molecule has 0 spiro atoms. The molecule has 0 aliphatic carbocycles. The first-order chi connectivity index (χ1) is 18.6. The lowest BCUT2D eigenvalue weighted by molar-refractivity contribution is -0.128. The number of thiazole rings is 1. The minimum atomic E-state index is -0.400. The number of amides is 1. The van der Waals surface area contributed by atoms with Crippen LogP contribution >= 0.6 is 11.3 Å². The quantitative estimate of drug-likeness (QED) is 0.362. The standard InChI is InChI=1S/C29H25N5O3S/c1-2-13-33-28(36)25(38-29(33)24(19-30)27(35)32-14-16-37-17-15-32)18-22-20-34(23-11-7-4-8-12-23)31-26(22)21-9-5-3-6-10-21/h2-12,18,20H,1,13-17H2. The van der Waals surface area contributed by atoms with Crippen LogP contribution in [0.3, 0.4) is 0 Å². The van der Waals surface area contributed by atoms with E-state index >= 15 is 0 Å². The predicted molar refractivity (Wildman–Crippen MR) is 147 cm³/mol. The van der Waals surface area contributed by atoms with Gasteiger partial charge < -0.3 is 9.64 Å². The van der Waals surface area contributed by atoms with Crippen molar-refractivity contribution in [2.45, 2.75) is 6.54 Å². The van der Waals surface area contributed by atoms with E-state index < -0.39 is 5.91 Å². The molecule has 1 amide bonds. The molecule has 2 aromatic heterocycles. The van der Waals surface area contributed by atoms with E-state index in [9.17, 15) is 14.9 Å². The van der Waals surface area contributed by atoms with Crippen LogP contribution < -0.4 is 14.8 Å². The maximum absolute atomic E-state index is 13.5. The third-order valence-electron chi connectivity index (χ3n) is 6.15. The van der Waals surface area contributed by atoms with E-state index in [4.69, 9.17) is 9.84 Å². The number of para-hydroxylation sites is 1. The molecule has 1 aliphatic rings. The molecular formula is C29H25N5O3S. The van der Waals surface area contributed by atoms with Gasteiger partial charge in [-0.25, -0.2) is 4.68 Å². The van der Waals surface area contributed by atoms with E-state index in [1.807, 2.05) is 66.9 Å². The summed E-state index contributed by atoms with van der Waals surface area (Å²) in [6.45, 7) is 5.57. The number of nitrogens with zero attached hydrogens (tertiary/aromatic N) is 5. The Bertz CT molecular complexity index is 1690. The molecule has 0 N–H and O–H groups in total. The summed E-state index contributed by atoms with van der Waals surface area (Å²) < 4.78 is 9.26. The van der Waals surface area contributed by atoms with E-state index in [0.717, 1.165) is 28.2 Å². The van der Waals surface area contributed by atoms with Crippen molar-refractivity contribution in [2.75, 3.05) is 26.3 Å². The first-order valence-electron chi connectivity index (χ1n) is 12.1. The Morgan fingerprint density at radius 1 is 1.11 bits per heavy atom. The molecule has 0 atom stereocenters. The second kappa shape index (κ2) is 11.3. The van der Waals surface area contributed by atoms with Gasteiger partial charge in [0.05, 0.1) is 29.1 Å². The maximum atomic E-state index is 13.5. The molecule has 0 unspecified atom stereocenters. The number of carbonyl (C=O) groups is 1. The summed E-state index contributed by atoms with van der Waals surface area (Å²) >= 11 is 1.13. The molecule has 5 rings (SSSR count). The highest BCUT2D eigenvalue weighted by Crippen LogP contribution is 2.24. The highest BCUT2D eigenvalue weighted by molar-refractivity contribution is 7.07. The van der Waals surface area contributed by atoms with Gasteiger partial charge in [-0.2, -0.15) is 10.4 Å². The number of rotatable bonds is 6. The SMILES string of the molecule is C=CCn1c(=C(C#N)C(=O)N2CCOCC2)sc(=Cc2cn(-c3ccccc3)nc2-c2ccccc2)c1=O. The zero-order valence-electron chi connectivity index (χ0n) is 20.6. The molecule has 4 aromatic rings. The molecule has 1 aliphatic heterocycles. The third kappa shape index (κ3) is 5.00. The molecule has 8 nitrogen and oxygen atoms in total. The van der Waals surface area contributed by atoms with Gasteiger partial charge in [-0.3, -0.25) is 14.2 Å². The largest absolute Gasteiger partial charge is 0.378 e. The van der Waals surface area contributed by atoms with E-state index in [2.05, 4.69) is 12.6 Å². The number of nitriles is 1. The Labute approximate surface area is 223 Å². The first kappa shape index (κ1) is 25.1. The van der Waals surface area contributed by atoms with Crippen molar-refractivity contribution in [1.82, 2.24) is 19.2 Å². The Morgan fingerprint density at radius 3 is 2.45 bits per heavy atom. The number of allylic oxidation sites excluding steroid dienone is 1. The van der Waals surface area contributed by atoms with Crippen molar-refractivity contribution in [3.63, 3.8) is 0 Å². The molecule has 2 aromatic carbocycles. The summed E-state index contributed by atoms with van der Waals surface area (Å²) in [5.74, 6) is -0.400. The fourth-order valence-corrected chi connectivity index (χ4v) is 5.37. The van der Waals surface area contributed by atoms with Crippen molar-refractivity contribution < 1.29 is 9.53 Å². The number of hydrogen-bond acceptors (Lipinski definition) is 6. The van der Waals surface area contributed by atoms with Gasteiger partial charge in [0.1, 0.15) is 10.7 Å². The molecule has 3 heterocycles. The number of hydrogen-bond donors (Lipinski definition) is 0. The van der Waals surface area contributed by atoms with Crippen LogP contribution in [0.5, 0.6) is 0 Å². The topological polar surface area (TPSA) is 93.2 Å². The summed E-state index contributed by atoms with van der Waals surface area (Å²) in [7, 11) is 0.